The van der Waals surface area contributed by atoms with E-state index < -0.39 is 0 Å². The molecule has 1 aliphatic heterocycles. The molecule has 2 aromatic rings. The van der Waals surface area contributed by atoms with Gasteiger partial charge in [0.05, 0.1) is 12.8 Å². The molecule has 0 unspecified atom stereocenters. The maximum atomic E-state index is 5.81. The van der Waals surface area contributed by atoms with Gasteiger partial charge in [-0.2, -0.15) is 0 Å². The summed E-state index contributed by atoms with van der Waals surface area (Å²) in [7, 11) is 1.66. The summed E-state index contributed by atoms with van der Waals surface area (Å²) >= 11 is 0. The Morgan fingerprint density at radius 2 is 1.82 bits per heavy atom. The summed E-state index contributed by atoms with van der Waals surface area (Å²) in [6.45, 7) is 0. The normalized spacial score (nSPS) is 16.9. The molecule has 0 spiro atoms. The smallest absolute Gasteiger partial charge is 0.196 e. The summed E-state index contributed by atoms with van der Waals surface area (Å²) in [5.41, 5.74) is 2.12. The second-order valence-corrected chi connectivity index (χ2v) is 3.91. The number of rotatable bonds is 2. The third-order valence-corrected chi connectivity index (χ3v) is 2.84. The van der Waals surface area contributed by atoms with Crippen molar-refractivity contribution in [3.8, 4) is 11.5 Å². The molecular weight excluding hydrogens is 214 g/mol. The van der Waals surface area contributed by atoms with E-state index in [1.165, 1.54) is 0 Å². The van der Waals surface area contributed by atoms with Gasteiger partial charge in [0.25, 0.3) is 0 Å². The number of ether oxygens (including phenoxy) is 2. The molecule has 0 radical (unpaired) electrons. The number of fused-ring (bicyclic) bond motifs is 1. The lowest BCUT2D eigenvalue weighted by Crippen LogP contribution is -2.09. The Balaban J connectivity index is 1.83. The van der Waals surface area contributed by atoms with Crippen LogP contribution >= 0.6 is 0 Å². The van der Waals surface area contributed by atoms with Gasteiger partial charge in [0.2, 0.25) is 0 Å². The SMILES string of the molecule is COc1ccc([C@H]2Nc3ccccc3O2)cc1. The van der Waals surface area contributed by atoms with Crippen molar-refractivity contribution < 1.29 is 9.47 Å². The van der Waals surface area contributed by atoms with Crippen molar-refractivity contribution in [1.29, 1.82) is 0 Å². The third kappa shape index (κ3) is 1.80. The predicted octanol–water partition coefficient (Wildman–Crippen LogP) is 3.20. The highest BCUT2D eigenvalue weighted by molar-refractivity contribution is 5.60. The summed E-state index contributed by atoms with van der Waals surface area (Å²) in [5, 5.41) is 3.33. The maximum absolute atomic E-state index is 5.81. The van der Waals surface area contributed by atoms with E-state index in [-0.39, 0.29) is 6.23 Å². The highest BCUT2D eigenvalue weighted by Crippen LogP contribution is 2.37. The van der Waals surface area contributed by atoms with Crippen LogP contribution in [0.2, 0.25) is 0 Å². The fourth-order valence-electron chi connectivity index (χ4n) is 1.92. The molecule has 0 saturated carbocycles. The Morgan fingerprint density at radius 3 is 2.53 bits per heavy atom. The number of anilines is 1. The highest BCUT2D eigenvalue weighted by Gasteiger charge is 2.22. The molecule has 1 atom stereocenters. The molecule has 0 aromatic heterocycles. The van der Waals surface area contributed by atoms with Gasteiger partial charge in [0, 0.05) is 5.56 Å². The molecule has 3 rings (SSSR count). The molecule has 0 saturated heterocycles. The lowest BCUT2D eigenvalue weighted by molar-refractivity contribution is 0.259. The number of nitrogens with one attached hydrogen (secondary N) is 1. The standard InChI is InChI=1S/C14H13NO2/c1-16-11-8-6-10(7-9-11)14-15-12-4-2-3-5-13(12)17-14/h2-9,14-15H,1H3/t14-/m0/s1. The average molecular weight is 227 g/mol. The predicted molar refractivity (Wildman–Crippen MR) is 66.4 cm³/mol. The Hall–Kier alpha value is -2.16. The number of benzene rings is 2. The molecule has 0 aliphatic carbocycles. The molecule has 86 valence electrons. The minimum absolute atomic E-state index is 0.113. The van der Waals surface area contributed by atoms with Crippen molar-refractivity contribution in [3.05, 3.63) is 54.1 Å². The third-order valence-electron chi connectivity index (χ3n) is 2.84. The minimum Gasteiger partial charge on any atom is -0.497 e. The molecule has 1 N–H and O–H groups in total. The lowest BCUT2D eigenvalue weighted by Gasteiger charge is -2.11. The number of hydrogen-bond acceptors (Lipinski definition) is 3. The summed E-state index contributed by atoms with van der Waals surface area (Å²) in [6, 6.07) is 15.8. The first-order chi connectivity index (χ1) is 8.36. The van der Waals surface area contributed by atoms with Crippen molar-refractivity contribution in [2.45, 2.75) is 6.23 Å². The lowest BCUT2D eigenvalue weighted by atomic mass is 10.2. The fraction of sp³-hybridized carbons (Fsp3) is 0.143. The van der Waals surface area contributed by atoms with Crippen LogP contribution in [0.1, 0.15) is 11.8 Å². The van der Waals surface area contributed by atoms with E-state index in [1.54, 1.807) is 7.11 Å². The van der Waals surface area contributed by atoms with Gasteiger partial charge in [0.1, 0.15) is 11.5 Å². The summed E-state index contributed by atoms with van der Waals surface area (Å²) in [5.74, 6) is 1.75. The maximum Gasteiger partial charge on any atom is 0.196 e. The van der Waals surface area contributed by atoms with Gasteiger partial charge in [-0.1, -0.05) is 12.1 Å². The molecule has 2 aromatic carbocycles. The topological polar surface area (TPSA) is 30.5 Å². The van der Waals surface area contributed by atoms with Crippen LogP contribution < -0.4 is 14.8 Å². The minimum atomic E-state index is -0.113. The number of para-hydroxylation sites is 2. The Kier molecular flexibility index (Phi) is 2.37. The van der Waals surface area contributed by atoms with Gasteiger partial charge >= 0.3 is 0 Å². The fourth-order valence-corrected chi connectivity index (χ4v) is 1.92. The molecule has 17 heavy (non-hydrogen) atoms. The quantitative estimate of drug-likeness (QED) is 0.854. The van der Waals surface area contributed by atoms with Crippen LogP contribution in [-0.2, 0) is 0 Å². The van der Waals surface area contributed by atoms with E-state index >= 15 is 0 Å². The van der Waals surface area contributed by atoms with Crippen LogP contribution in [0.5, 0.6) is 11.5 Å². The second-order valence-electron chi connectivity index (χ2n) is 3.91. The zero-order valence-corrected chi connectivity index (χ0v) is 9.51. The summed E-state index contributed by atoms with van der Waals surface area (Å²) < 4.78 is 10.9. The zero-order chi connectivity index (χ0) is 11.7. The largest absolute Gasteiger partial charge is 0.497 e. The van der Waals surface area contributed by atoms with Gasteiger partial charge in [-0.25, -0.2) is 0 Å². The first-order valence-electron chi connectivity index (χ1n) is 5.53. The monoisotopic (exact) mass is 227 g/mol. The number of methoxy groups -OCH3 is 1. The first kappa shape index (κ1) is 10.0. The van der Waals surface area contributed by atoms with Gasteiger partial charge in [0.15, 0.2) is 6.23 Å². The van der Waals surface area contributed by atoms with E-state index in [0.29, 0.717) is 0 Å². The Morgan fingerprint density at radius 1 is 1.06 bits per heavy atom. The van der Waals surface area contributed by atoms with Crippen LogP contribution in [0.25, 0.3) is 0 Å². The van der Waals surface area contributed by atoms with Crippen LogP contribution in [0.4, 0.5) is 5.69 Å². The summed E-state index contributed by atoms with van der Waals surface area (Å²) in [4.78, 5) is 0. The van der Waals surface area contributed by atoms with Crippen molar-refractivity contribution in [3.63, 3.8) is 0 Å². The average Bonchev–Trinajstić information content (AvgIpc) is 2.82. The summed E-state index contributed by atoms with van der Waals surface area (Å²) in [6.07, 6.45) is -0.113. The van der Waals surface area contributed by atoms with E-state index in [9.17, 15) is 0 Å². The molecule has 3 nitrogen and oxygen atoms in total. The van der Waals surface area contributed by atoms with Gasteiger partial charge in [-0.15, -0.1) is 0 Å². The van der Waals surface area contributed by atoms with Gasteiger partial charge < -0.3 is 14.8 Å². The first-order valence-corrected chi connectivity index (χ1v) is 5.53. The van der Waals surface area contributed by atoms with Gasteiger partial charge in [-0.3, -0.25) is 0 Å². The van der Waals surface area contributed by atoms with Crippen LogP contribution in [-0.4, -0.2) is 7.11 Å². The molecule has 0 bridgehead atoms. The number of hydrogen-bond donors (Lipinski definition) is 1. The van der Waals surface area contributed by atoms with Crippen molar-refractivity contribution in [1.82, 2.24) is 0 Å². The molecule has 3 heteroatoms. The van der Waals surface area contributed by atoms with Gasteiger partial charge in [-0.05, 0) is 36.4 Å². The van der Waals surface area contributed by atoms with E-state index in [0.717, 1.165) is 22.7 Å². The molecule has 1 aliphatic rings. The van der Waals surface area contributed by atoms with Crippen LogP contribution in [0.3, 0.4) is 0 Å². The zero-order valence-electron chi connectivity index (χ0n) is 9.51. The molecular formula is C14H13NO2. The van der Waals surface area contributed by atoms with Crippen molar-refractivity contribution >= 4 is 5.69 Å². The highest BCUT2D eigenvalue weighted by atomic mass is 16.5. The Labute approximate surface area is 100.0 Å². The van der Waals surface area contributed by atoms with E-state index in [2.05, 4.69) is 5.32 Å². The van der Waals surface area contributed by atoms with Crippen molar-refractivity contribution in [2.24, 2.45) is 0 Å². The van der Waals surface area contributed by atoms with Crippen molar-refractivity contribution in [2.75, 3.05) is 12.4 Å². The van der Waals surface area contributed by atoms with Crippen LogP contribution in [0, 0.1) is 0 Å². The molecule has 0 amide bonds. The molecule has 0 fully saturated rings. The molecule has 1 heterocycles. The Bertz CT molecular complexity index is 497. The second kappa shape index (κ2) is 4.01. The van der Waals surface area contributed by atoms with E-state index in [1.807, 2.05) is 48.5 Å². The van der Waals surface area contributed by atoms with E-state index in [4.69, 9.17) is 9.47 Å². The van der Waals surface area contributed by atoms with Crippen LogP contribution in [0.15, 0.2) is 48.5 Å².